The van der Waals surface area contributed by atoms with Crippen molar-refractivity contribution in [2.24, 2.45) is 5.41 Å². The number of anilines is 1. The van der Waals surface area contributed by atoms with E-state index in [9.17, 15) is 18.3 Å². The molecule has 0 spiro atoms. The number of fused-ring (bicyclic) bond motifs is 1. The van der Waals surface area contributed by atoms with Crippen LogP contribution in [0.15, 0.2) is 23.1 Å². The Morgan fingerprint density at radius 1 is 1.20 bits per heavy atom. The molecule has 7 heteroatoms. The third-order valence-corrected chi connectivity index (χ3v) is 6.99. The van der Waals surface area contributed by atoms with E-state index in [0.717, 1.165) is 43.4 Å². The number of carbonyl (C=O) groups is 1. The molecule has 1 aromatic carbocycles. The number of hydrogen-bond donors (Lipinski definition) is 2. The molecule has 0 atom stereocenters. The van der Waals surface area contributed by atoms with Crippen LogP contribution in [0.3, 0.4) is 0 Å². The van der Waals surface area contributed by atoms with E-state index in [0.29, 0.717) is 12.8 Å². The standard InChI is InChI=1S/C18H26N2O4S/c1-20-16-7-6-15(11-14(16)5-8-17(20)22)25(23,24)19-12-18(13-21)9-3-2-4-10-18/h6-7,11,19,21H,2-5,8-10,12-13H2,1H3. The molecule has 0 saturated heterocycles. The fourth-order valence-electron chi connectivity index (χ4n) is 3.82. The van der Waals surface area contributed by atoms with E-state index < -0.39 is 10.0 Å². The van der Waals surface area contributed by atoms with E-state index in [4.69, 9.17) is 0 Å². The van der Waals surface area contributed by atoms with Crippen LogP contribution in [0.25, 0.3) is 0 Å². The van der Waals surface area contributed by atoms with Gasteiger partial charge in [-0.2, -0.15) is 0 Å². The smallest absolute Gasteiger partial charge is 0.240 e. The Labute approximate surface area is 149 Å². The van der Waals surface area contributed by atoms with Gasteiger partial charge in [-0.1, -0.05) is 19.3 Å². The lowest BCUT2D eigenvalue weighted by Gasteiger charge is -2.35. The predicted octanol–water partition coefficient (Wildman–Crippen LogP) is 1.82. The third kappa shape index (κ3) is 3.73. The Kier molecular flexibility index (Phi) is 5.18. The number of sulfonamides is 1. The number of amides is 1. The first kappa shape index (κ1) is 18.4. The molecular formula is C18H26N2O4S. The average Bonchev–Trinajstić information content (AvgIpc) is 2.64. The molecule has 138 valence electrons. The zero-order chi connectivity index (χ0) is 18.1. The van der Waals surface area contributed by atoms with Gasteiger partial charge in [0.25, 0.3) is 0 Å². The maximum atomic E-state index is 12.7. The zero-order valence-electron chi connectivity index (χ0n) is 14.6. The lowest BCUT2D eigenvalue weighted by Crippen LogP contribution is -2.41. The molecule has 2 aliphatic rings. The highest BCUT2D eigenvalue weighted by molar-refractivity contribution is 7.89. The minimum atomic E-state index is -3.64. The van der Waals surface area contributed by atoms with Gasteiger partial charge in [0.2, 0.25) is 15.9 Å². The van der Waals surface area contributed by atoms with E-state index in [1.165, 1.54) is 0 Å². The summed E-state index contributed by atoms with van der Waals surface area (Å²) in [4.78, 5) is 13.6. The van der Waals surface area contributed by atoms with Gasteiger partial charge in [-0.05, 0) is 43.0 Å². The second-order valence-electron chi connectivity index (χ2n) is 7.29. The van der Waals surface area contributed by atoms with Crippen LogP contribution in [0.2, 0.25) is 0 Å². The molecule has 1 saturated carbocycles. The molecule has 0 radical (unpaired) electrons. The van der Waals surface area contributed by atoms with Crippen molar-refractivity contribution >= 4 is 21.6 Å². The molecule has 6 nitrogen and oxygen atoms in total. The second-order valence-corrected chi connectivity index (χ2v) is 9.05. The molecule has 1 aliphatic carbocycles. The number of aliphatic hydroxyl groups is 1. The average molecular weight is 366 g/mol. The van der Waals surface area contributed by atoms with Crippen molar-refractivity contribution in [1.82, 2.24) is 4.72 Å². The predicted molar refractivity (Wildman–Crippen MR) is 96.0 cm³/mol. The lowest BCUT2D eigenvalue weighted by atomic mass is 9.75. The molecule has 0 unspecified atom stereocenters. The van der Waals surface area contributed by atoms with E-state index in [1.807, 2.05) is 0 Å². The lowest BCUT2D eigenvalue weighted by molar-refractivity contribution is -0.118. The van der Waals surface area contributed by atoms with Crippen molar-refractivity contribution in [2.45, 2.75) is 49.8 Å². The van der Waals surface area contributed by atoms with Crippen LogP contribution in [-0.4, -0.2) is 39.6 Å². The zero-order valence-corrected chi connectivity index (χ0v) is 15.4. The van der Waals surface area contributed by atoms with Crippen molar-refractivity contribution in [1.29, 1.82) is 0 Å². The first-order valence-corrected chi connectivity index (χ1v) is 10.4. The van der Waals surface area contributed by atoms with Crippen LogP contribution in [-0.2, 0) is 21.2 Å². The number of aryl methyl sites for hydroxylation is 1. The number of rotatable bonds is 5. The SMILES string of the molecule is CN1C(=O)CCc2cc(S(=O)(=O)NCC3(CO)CCCCC3)ccc21. The number of hydrogen-bond acceptors (Lipinski definition) is 4. The molecule has 1 amide bonds. The first-order valence-electron chi connectivity index (χ1n) is 8.87. The highest BCUT2D eigenvalue weighted by Crippen LogP contribution is 2.36. The summed E-state index contributed by atoms with van der Waals surface area (Å²) in [6, 6.07) is 4.90. The Morgan fingerprint density at radius 2 is 1.92 bits per heavy atom. The van der Waals surface area contributed by atoms with E-state index in [2.05, 4.69) is 4.72 Å². The minimum Gasteiger partial charge on any atom is -0.396 e. The minimum absolute atomic E-state index is 0.00656. The van der Waals surface area contributed by atoms with Gasteiger partial charge in [0, 0.05) is 37.7 Å². The third-order valence-electron chi connectivity index (χ3n) is 5.59. The first-order chi connectivity index (χ1) is 11.9. The van der Waals surface area contributed by atoms with Crippen LogP contribution >= 0.6 is 0 Å². The van der Waals surface area contributed by atoms with Crippen LogP contribution in [0, 0.1) is 5.41 Å². The van der Waals surface area contributed by atoms with Gasteiger partial charge in [-0.25, -0.2) is 13.1 Å². The van der Waals surface area contributed by atoms with Crippen LogP contribution in [0.1, 0.15) is 44.1 Å². The number of carbonyl (C=O) groups excluding carboxylic acids is 1. The maximum absolute atomic E-state index is 12.7. The van der Waals surface area contributed by atoms with Gasteiger partial charge >= 0.3 is 0 Å². The van der Waals surface area contributed by atoms with E-state index >= 15 is 0 Å². The highest BCUT2D eigenvalue weighted by atomic mass is 32.2. The molecule has 1 fully saturated rings. The number of benzene rings is 1. The van der Waals surface area contributed by atoms with Crippen LogP contribution < -0.4 is 9.62 Å². The molecule has 1 aromatic rings. The Bertz CT molecular complexity index is 754. The summed E-state index contributed by atoms with van der Waals surface area (Å²) >= 11 is 0. The summed E-state index contributed by atoms with van der Waals surface area (Å²) in [5.41, 5.74) is 1.31. The van der Waals surface area contributed by atoms with E-state index in [1.54, 1.807) is 30.1 Å². The molecule has 1 aliphatic heterocycles. The monoisotopic (exact) mass is 366 g/mol. The second kappa shape index (κ2) is 7.05. The van der Waals surface area contributed by atoms with Gasteiger partial charge < -0.3 is 10.0 Å². The summed E-state index contributed by atoms with van der Waals surface area (Å²) in [6.45, 7) is 0.272. The van der Waals surface area contributed by atoms with Crippen molar-refractivity contribution in [3.8, 4) is 0 Å². The maximum Gasteiger partial charge on any atom is 0.240 e. The van der Waals surface area contributed by atoms with Crippen molar-refractivity contribution in [2.75, 3.05) is 25.1 Å². The number of nitrogens with one attached hydrogen (secondary N) is 1. The summed E-state index contributed by atoms with van der Waals surface area (Å²) in [6.07, 6.45) is 5.86. The Hall–Kier alpha value is -1.44. The van der Waals surface area contributed by atoms with Crippen LogP contribution in [0.4, 0.5) is 5.69 Å². The molecule has 2 N–H and O–H groups in total. The molecule has 1 heterocycles. The molecular weight excluding hydrogens is 340 g/mol. The van der Waals surface area contributed by atoms with Gasteiger partial charge in [0.05, 0.1) is 4.90 Å². The Morgan fingerprint density at radius 3 is 2.60 bits per heavy atom. The summed E-state index contributed by atoms with van der Waals surface area (Å²) in [7, 11) is -1.93. The van der Waals surface area contributed by atoms with Gasteiger partial charge in [0.1, 0.15) is 0 Å². The molecule has 0 bridgehead atoms. The topological polar surface area (TPSA) is 86.7 Å². The largest absolute Gasteiger partial charge is 0.396 e. The number of nitrogens with zero attached hydrogens (tertiary/aromatic N) is 1. The quantitative estimate of drug-likeness (QED) is 0.832. The van der Waals surface area contributed by atoms with E-state index in [-0.39, 0.29) is 29.4 Å². The number of aliphatic hydroxyl groups excluding tert-OH is 1. The van der Waals surface area contributed by atoms with Crippen LogP contribution in [0.5, 0.6) is 0 Å². The molecule has 25 heavy (non-hydrogen) atoms. The van der Waals surface area contributed by atoms with Crippen molar-refractivity contribution in [3.63, 3.8) is 0 Å². The molecule has 3 rings (SSSR count). The summed E-state index contributed by atoms with van der Waals surface area (Å²) in [5, 5.41) is 9.75. The fraction of sp³-hybridized carbons (Fsp3) is 0.611. The summed E-state index contributed by atoms with van der Waals surface area (Å²) < 4.78 is 28.1. The van der Waals surface area contributed by atoms with Gasteiger partial charge in [-0.15, -0.1) is 0 Å². The van der Waals surface area contributed by atoms with Gasteiger partial charge in [0.15, 0.2) is 0 Å². The molecule has 0 aromatic heterocycles. The van der Waals surface area contributed by atoms with Gasteiger partial charge in [-0.3, -0.25) is 4.79 Å². The highest BCUT2D eigenvalue weighted by Gasteiger charge is 2.33. The summed E-state index contributed by atoms with van der Waals surface area (Å²) in [5.74, 6) is 0.0448. The van der Waals surface area contributed by atoms with Crippen molar-refractivity contribution in [3.05, 3.63) is 23.8 Å². The normalized spacial score (nSPS) is 20.4. The van der Waals surface area contributed by atoms with Crippen molar-refractivity contribution < 1.29 is 18.3 Å². The Balaban J connectivity index is 1.77. The fourth-order valence-corrected chi connectivity index (χ4v) is 5.03.